The second-order valence-corrected chi connectivity index (χ2v) is 12.4. The highest BCUT2D eigenvalue weighted by Gasteiger charge is 2.26. The van der Waals surface area contributed by atoms with Crippen LogP contribution in [-0.2, 0) is 0 Å². The van der Waals surface area contributed by atoms with E-state index in [4.69, 9.17) is 24.1 Å². The van der Waals surface area contributed by atoms with Gasteiger partial charge < -0.3 is 14.1 Å². The quantitative estimate of drug-likeness (QED) is 0.182. The number of rotatable bonds is 5. The van der Waals surface area contributed by atoms with Crippen molar-refractivity contribution in [1.82, 2.24) is 19.9 Å². The highest BCUT2D eigenvalue weighted by molar-refractivity contribution is 6.05. The van der Waals surface area contributed by atoms with Gasteiger partial charge >= 0.3 is 0 Å². The Morgan fingerprint density at radius 3 is 1.82 bits per heavy atom. The van der Waals surface area contributed by atoms with E-state index >= 15 is 0 Å². The van der Waals surface area contributed by atoms with Gasteiger partial charge in [-0.3, -0.25) is 4.98 Å². The smallest absolute Gasteiger partial charge is 0.164 e. The molecule has 0 spiro atoms. The molecule has 0 amide bonds. The number of hydrogen-bond donors (Lipinski definition) is 0. The van der Waals surface area contributed by atoms with Crippen molar-refractivity contribution in [3.05, 3.63) is 164 Å². The number of furan rings is 1. The molecule has 7 heteroatoms. The molecular weight excluding hydrogens is 631 g/mol. The largest absolute Gasteiger partial charge is 0.456 e. The lowest BCUT2D eigenvalue weighted by molar-refractivity contribution is 0.477. The Morgan fingerprint density at radius 2 is 1.06 bits per heavy atom. The summed E-state index contributed by atoms with van der Waals surface area (Å²) in [6.07, 6.45) is 3.66. The summed E-state index contributed by atoms with van der Waals surface area (Å²) in [7, 11) is 0. The van der Waals surface area contributed by atoms with Gasteiger partial charge in [0, 0.05) is 51.1 Å². The molecule has 0 aliphatic carbocycles. The summed E-state index contributed by atoms with van der Waals surface area (Å²) in [6, 6.07) is 50.8. The molecule has 1 aliphatic rings. The van der Waals surface area contributed by atoms with Crippen molar-refractivity contribution < 1.29 is 9.15 Å². The first-order valence-electron chi connectivity index (χ1n) is 16.7. The van der Waals surface area contributed by atoms with E-state index in [1.165, 1.54) is 0 Å². The topological polar surface area (TPSA) is 77.2 Å². The summed E-state index contributed by atoms with van der Waals surface area (Å²) < 4.78 is 12.6. The second kappa shape index (κ2) is 11.8. The molecule has 0 atom stereocenters. The molecule has 7 nitrogen and oxygen atoms in total. The number of hydrogen-bond acceptors (Lipinski definition) is 7. The summed E-state index contributed by atoms with van der Waals surface area (Å²) >= 11 is 0. The molecule has 9 aromatic rings. The first-order chi connectivity index (χ1) is 25.2. The number of ether oxygens (including phenoxy) is 1. The molecule has 0 saturated heterocycles. The van der Waals surface area contributed by atoms with E-state index in [0.717, 1.165) is 78.3 Å². The van der Waals surface area contributed by atoms with Crippen molar-refractivity contribution in [1.29, 1.82) is 0 Å². The van der Waals surface area contributed by atoms with Crippen LogP contribution in [0.15, 0.2) is 168 Å². The van der Waals surface area contributed by atoms with E-state index in [-0.39, 0.29) is 0 Å². The van der Waals surface area contributed by atoms with Crippen LogP contribution in [-0.4, -0.2) is 19.9 Å². The van der Waals surface area contributed by atoms with Gasteiger partial charge in [0.15, 0.2) is 29.0 Å². The number of fused-ring (bicyclic) bond motifs is 5. The van der Waals surface area contributed by atoms with Crippen LogP contribution in [0.5, 0.6) is 11.5 Å². The lowest BCUT2D eigenvalue weighted by Crippen LogP contribution is -2.16. The Hall–Kier alpha value is -7.12. The standard InChI is InChI=1S/C44H27N5O2/c1-2-11-28(12-3-1)42-46-43(29-20-21-35-34-14-4-7-17-38(34)50-41(35)26-29)48-44(47-42)32-23-31(30-13-10-22-45-27-30)24-33(25-32)49-36-15-5-8-18-39(36)51-40-19-9-6-16-37(40)49/h1-27H. The second-order valence-electron chi connectivity index (χ2n) is 12.4. The predicted octanol–water partition coefficient (Wildman–Crippen LogP) is 11.4. The Labute approximate surface area is 293 Å². The molecule has 240 valence electrons. The number of nitrogens with zero attached hydrogens (tertiary/aromatic N) is 5. The monoisotopic (exact) mass is 657 g/mol. The summed E-state index contributed by atoms with van der Waals surface area (Å²) in [6.45, 7) is 0. The highest BCUT2D eigenvalue weighted by atomic mass is 16.5. The fraction of sp³-hybridized carbons (Fsp3) is 0. The third kappa shape index (κ3) is 5.07. The molecule has 4 heterocycles. The van der Waals surface area contributed by atoms with Crippen LogP contribution in [0.1, 0.15) is 0 Å². The molecular formula is C44H27N5O2. The Bertz CT molecular complexity index is 2700. The van der Waals surface area contributed by atoms with Crippen LogP contribution in [0, 0.1) is 0 Å². The van der Waals surface area contributed by atoms with Crippen LogP contribution in [0.25, 0.3) is 67.2 Å². The molecule has 0 N–H and O–H groups in total. The minimum Gasteiger partial charge on any atom is -0.456 e. The molecule has 10 rings (SSSR count). The lowest BCUT2D eigenvalue weighted by atomic mass is 10.0. The maximum absolute atomic E-state index is 6.35. The Balaban J connectivity index is 1.20. The van der Waals surface area contributed by atoms with Gasteiger partial charge in [-0.05, 0) is 72.3 Å². The van der Waals surface area contributed by atoms with Crippen molar-refractivity contribution >= 4 is 39.0 Å². The van der Waals surface area contributed by atoms with E-state index in [9.17, 15) is 0 Å². The zero-order valence-electron chi connectivity index (χ0n) is 27.1. The maximum Gasteiger partial charge on any atom is 0.164 e. The van der Waals surface area contributed by atoms with Gasteiger partial charge in [0.25, 0.3) is 0 Å². The van der Waals surface area contributed by atoms with Crippen LogP contribution in [0.4, 0.5) is 17.1 Å². The third-order valence-corrected chi connectivity index (χ3v) is 9.17. The predicted molar refractivity (Wildman–Crippen MR) is 201 cm³/mol. The number of anilines is 3. The molecule has 3 aromatic heterocycles. The summed E-state index contributed by atoms with van der Waals surface area (Å²) in [5.74, 6) is 3.23. The van der Waals surface area contributed by atoms with Crippen LogP contribution >= 0.6 is 0 Å². The van der Waals surface area contributed by atoms with E-state index in [1.807, 2.05) is 103 Å². The summed E-state index contributed by atoms with van der Waals surface area (Å²) in [5, 5.41) is 2.12. The van der Waals surface area contributed by atoms with Crippen molar-refractivity contribution in [2.45, 2.75) is 0 Å². The van der Waals surface area contributed by atoms with Crippen LogP contribution in [0.3, 0.4) is 0 Å². The average Bonchev–Trinajstić information content (AvgIpc) is 3.58. The minimum atomic E-state index is 0.547. The van der Waals surface area contributed by atoms with Crippen LogP contribution < -0.4 is 9.64 Å². The lowest BCUT2D eigenvalue weighted by Gasteiger charge is -2.33. The molecule has 1 aliphatic heterocycles. The third-order valence-electron chi connectivity index (χ3n) is 9.17. The van der Waals surface area contributed by atoms with Gasteiger partial charge in [0.1, 0.15) is 11.2 Å². The normalized spacial score (nSPS) is 12.0. The average molecular weight is 658 g/mol. The fourth-order valence-electron chi connectivity index (χ4n) is 6.77. The molecule has 0 saturated carbocycles. The highest BCUT2D eigenvalue weighted by Crippen LogP contribution is 2.51. The Kier molecular flexibility index (Phi) is 6.67. The number of benzene rings is 6. The zero-order valence-corrected chi connectivity index (χ0v) is 27.1. The maximum atomic E-state index is 6.35. The zero-order chi connectivity index (χ0) is 33.7. The summed E-state index contributed by atoms with van der Waals surface area (Å²) in [4.78, 5) is 21.9. The minimum absolute atomic E-state index is 0.547. The van der Waals surface area contributed by atoms with Gasteiger partial charge in [0.05, 0.1) is 11.4 Å². The van der Waals surface area contributed by atoms with Crippen molar-refractivity contribution in [2.75, 3.05) is 4.90 Å². The number of para-hydroxylation sites is 5. The fourth-order valence-corrected chi connectivity index (χ4v) is 6.77. The van der Waals surface area contributed by atoms with Crippen molar-refractivity contribution in [3.8, 4) is 56.8 Å². The van der Waals surface area contributed by atoms with Crippen molar-refractivity contribution in [2.24, 2.45) is 0 Å². The molecule has 6 aromatic carbocycles. The van der Waals surface area contributed by atoms with Gasteiger partial charge in [-0.1, -0.05) is 84.9 Å². The van der Waals surface area contributed by atoms with Crippen molar-refractivity contribution in [3.63, 3.8) is 0 Å². The van der Waals surface area contributed by atoms with E-state index in [2.05, 4.69) is 64.5 Å². The molecule has 0 unspecified atom stereocenters. The van der Waals surface area contributed by atoms with Gasteiger partial charge in [-0.15, -0.1) is 0 Å². The number of aromatic nitrogens is 4. The first-order valence-corrected chi connectivity index (χ1v) is 16.7. The van der Waals surface area contributed by atoms with E-state index in [0.29, 0.717) is 17.5 Å². The van der Waals surface area contributed by atoms with Gasteiger partial charge in [-0.2, -0.15) is 0 Å². The molecule has 0 radical (unpaired) electrons. The van der Waals surface area contributed by atoms with Gasteiger partial charge in [-0.25, -0.2) is 15.0 Å². The SMILES string of the molecule is c1ccc(-c2nc(-c3cc(-c4cccnc4)cc(N4c5ccccc5Oc5ccccc54)c3)nc(-c3ccc4c(c3)oc3ccccc34)n2)cc1. The molecule has 0 fully saturated rings. The van der Waals surface area contributed by atoms with Crippen LogP contribution in [0.2, 0.25) is 0 Å². The Morgan fingerprint density at radius 1 is 0.431 bits per heavy atom. The molecule has 0 bridgehead atoms. The van der Waals surface area contributed by atoms with E-state index in [1.54, 1.807) is 6.20 Å². The number of pyridine rings is 1. The van der Waals surface area contributed by atoms with E-state index < -0.39 is 0 Å². The summed E-state index contributed by atoms with van der Waals surface area (Å²) in [5.41, 5.74) is 8.94. The first kappa shape index (κ1) is 28.9. The van der Waals surface area contributed by atoms with Gasteiger partial charge in [0.2, 0.25) is 0 Å². The molecule has 51 heavy (non-hydrogen) atoms.